The Bertz CT molecular complexity index is 907. The van der Waals surface area contributed by atoms with Crippen LogP contribution in [0.15, 0.2) is 59.1 Å². The fourth-order valence-corrected chi connectivity index (χ4v) is 3.17. The number of anilines is 1. The molecule has 132 valence electrons. The molecule has 1 amide bonds. The smallest absolute Gasteiger partial charge is 0.261 e. The summed E-state index contributed by atoms with van der Waals surface area (Å²) in [6.07, 6.45) is 0.376. The molecule has 1 fully saturated rings. The molecule has 2 heterocycles. The van der Waals surface area contributed by atoms with Gasteiger partial charge in [0.05, 0.1) is 12.2 Å². The lowest BCUT2D eigenvalue weighted by Crippen LogP contribution is -2.24. The second-order valence-corrected chi connectivity index (χ2v) is 6.13. The summed E-state index contributed by atoms with van der Waals surface area (Å²) in [7, 11) is 0. The van der Waals surface area contributed by atoms with Crippen LogP contribution in [0.25, 0.3) is 11.5 Å². The normalized spacial score (nSPS) is 16.9. The molecule has 0 bridgehead atoms. The van der Waals surface area contributed by atoms with E-state index in [0.717, 1.165) is 11.3 Å². The van der Waals surface area contributed by atoms with Gasteiger partial charge in [0.2, 0.25) is 5.91 Å². The van der Waals surface area contributed by atoms with Crippen molar-refractivity contribution in [3.05, 3.63) is 60.4 Å². The van der Waals surface area contributed by atoms with Crippen LogP contribution in [0.3, 0.4) is 0 Å². The van der Waals surface area contributed by atoms with Gasteiger partial charge in [-0.2, -0.15) is 4.98 Å². The average molecular weight is 349 g/mol. The third-order valence-electron chi connectivity index (χ3n) is 4.42. The third kappa shape index (κ3) is 3.06. The van der Waals surface area contributed by atoms with Gasteiger partial charge in [-0.15, -0.1) is 0 Å². The fourth-order valence-electron chi connectivity index (χ4n) is 3.17. The Kier molecular flexibility index (Phi) is 4.39. The van der Waals surface area contributed by atoms with Gasteiger partial charge in [0.15, 0.2) is 5.82 Å². The summed E-state index contributed by atoms with van der Waals surface area (Å²) in [4.78, 5) is 18.7. The van der Waals surface area contributed by atoms with Gasteiger partial charge in [-0.05, 0) is 31.2 Å². The van der Waals surface area contributed by atoms with Crippen molar-refractivity contribution in [3.63, 3.8) is 0 Å². The zero-order valence-electron chi connectivity index (χ0n) is 14.5. The van der Waals surface area contributed by atoms with E-state index >= 15 is 0 Å². The molecule has 0 saturated carbocycles. The van der Waals surface area contributed by atoms with Crippen molar-refractivity contribution >= 4 is 11.6 Å². The van der Waals surface area contributed by atoms with Crippen molar-refractivity contribution in [2.45, 2.75) is 19.3 Å². The maximum atomic E-state index is 12.4. The van der Waals surface area contributed by atoms with E-state index in [1.807, 2.05) is 61.5 Å². The largest absolute Gasteiger partial charge is 0.493 e. The van der Waals surface area contributed by atoms with E-state index < -0.39 is 0 Å². The Morgan fingerprint density at radius 2 is 1.92 bits per heavy atom. The Morgan fingerprint density at radius 1 is 1.15 bits per heavy atom. The maximum absolute atomic E-state index is 12.4. The number of benzene rings is 2. The molecular formula is C20H19N3O3. The minimum atomic E-state index is -0.0838. The van der Waals surface area contributed by atoms with Crippen LogP contribution >= 0.6 is 0 Å². The first-order valence-electron chi connectivity index (χ1n) is 8.67. The number of aromatic nitrogens is 2. The van der Waals surface area contributed by atoms with E-state index in [1.54, 1.807) is 4.90 Å². The van der Waals surface area contributed by atoms with Crippen LogP contribution in [0.5, 0.6) is 5.75 Å². The molecule has 1 saturated heterocycles. The van der Waals surface area contributed by atoms with Crippen molar-refractivity contribution in [2.75, 3.05) is 18.1 Å². The first-order valence-corrected chi connectivity index (χ1v) is 8.67. The number of nitrogens with zero attached hydrogens (tertiary/aromatic N) is 3. The van der Waals surface area contributed by atoms with Crippen molar-refractivity contribution in [1.29, 1.82) is 0 Å². The summed E-state index contributed by atoms with van der Waals surface area (Å²) in [5, 5.41) is 4.12. The number of rotatable bonds is 5. The molecule has 1 unspecified atom stereocenters. The molecule has 6 heteroatoms. The summed E-state index contributed by atoms with van der Waals surface area (Å²) in [5.74, 6) is 1.66. The third-order valence-corrected chi connectivity index (χ3v) is 4.42. The van der Waals surface area contributed by atoms with Crippen molar-refractivity contribution < 1.29 is 14.1 Å². The Balaban J connectivity index is 1.57. The number of carbonyl (C=O) groups is 1. The molecular weight excluding hydrogens is 330 g/mol. The summed E-state index contributed by atoms with van der Waals surface area (Å²) >= 11 is 0. The molecule has 3 aromatic rings. The van der Waals surface area contributed by atoms with Crippen LogP contribution < -0.4 is 9.64 Å². The van der Waals surface area contributed by atoms with Crippen LogP contribution in [0.4, 0.5) is 5.69 Å². The Labute approximate surface area is 151 Å². The second-order valence-electron chi connectivity index (χ2n) is 6.13. The quantitative estimate of drug-likeness (QED) is 0.703. The molecule has 1 aliphatic rings. The zero-order valence-corrected chi connectivity index (χ0v) is 14.5. The number of ether oxygens (including phenoxy) is 1. The molecule has 0 aliphatic carbocycles. The van der Waals surface area contributed by atoms with Gasteiger partial charge < -0.3 is 14.2 Å². The van der Waals surface area contributed by atoms with E-state index in [0.29, 0.717) is 37.0 Å². The van der Waals surface area contributed by atoms with Gasteiger partial charge in [0.25, 0.3) is 5.89 Å². The van der Waals surface area contributed by atoms with Crippen molar-refractivity contribution in [3.8, 4) is 17.2 Å². The van der Waals surface area contributed by atoms with Gasteiger partial charge in [0, 0.05) is 24.6 Å². The summed E-state index contributed by atoms with van der Waals surface area (Å²) in [5.41, 5.74) is 1.66. The predicted octanol–water partition coefficient (Wildman–Crippen LogP) is 3.66. The van der Waals surface area contributed by atoms with Gasteiger partial charge in [-0.3, -0.25) is 4.79 Å². The van der Waals surface area contributed by atoms with E-state index in [4.69, 9.17) is 9.26 Å². The SMILES string of the molecule is CCOc1ccccc1-c1nc(C2CC(=O)N(c3ccccc3)C2)no1. The van der Waals surface area contributed by atoms with Gasteiger partial charge >= 0.3 is 0 Å². The standard InChI is InChI=1S/C20H19N3O3/c1-2-25-17-11-7-6-10-16(17)20-21-19(22-26-20)14-12-18(24)23(13-14)15-8-4-3-5-9-15/h3-11,14H,2,12-13H2,1H3. The van der Waals surface area contributed by atoms with E-state index in [9.17, 15) is 4.79 Å². The number of carbonyl (C=O) groups excluding carboxylic acids is 1. The topological polar surface area (TPSA) is 68.5 Å². The lowest BCUT2D eigenvalue weighted by atomic mass is 10.1. The minimum absolute atomic E-state index is 0.0715. The molecule has 2 aromatic carbocycles. The van der Waals surface area contributed by atoms with Crippen LogP contribution in [0.2, 0.25) is 0 Å². The highest BCUT2D eigenvalue weighted by atomic mass is 16.5. The Hall–Kier alpha value is -3.15. The fraction of sp³-hybridized carbons (Fsp3) is 0.250. The summed E-state index contributed by atoms with van der Waals surface area (Å²) in [6.45, 7) is 3.04. The average Bonchev–Trinajstić information content (AvgIpc) is 3.30. The zero-order chi connectivity index (χ0) is 17.9. The van der Waals surface area contributed by atoms with Gasteiger partial charge in [-0.1, -0.05) is 35.5 Å². The van der Waals surface area contributed by atoms with Crippen LogP contribution in [-0.2, 0) is 4.79 Å². The van der Waals surface area contributed by atoms with Crippen molar-refractivity contribution in [1.82, 2.24) is 10.1 Å². The summed E-state index contributed by atoms with van der Waals surface area (Å²) in [6, 6.07) is 17.2. The summed E-state index contributed by atoms with van der Waals surface area (Å²) < 4.78 is 11.1. The molecule has 1 atom stereocenters. The lowest BCUT2D eigenvalue weighted by Gasteiger charge is -2.15. The van der Waals surface area contributed by atoms with E-state index in [1.165, 1.54) is 0 Å². The highest BCUT2D eigenvalue weighted by molar-refractivity contribution is 5.96. The monoisotopic (exact) mass is 349 g/mol. The molecule has 1 aromatic heterocycles. The van der Waals surface area contributed by atoms with Crippen LogP contribution in [0.1, 0.15) is 25.1 Å². The molecule has 6 nitrogen and oxygen atoms in total. The minimum Gasteiger partial charge on any atom is -0.493 e. The maximum Gasteiger partial charge on any atom is 0.261 e. The number of hydrogen-bond acceptors (Lipinski definition) is 5. The molecule has 0 spiro atoms. The van der Waals surface area contributed by atoms with E-state index in [-0.39, 0.29) is 11.8 Å². The van der Waals surface area contributed by atoms with Gasteiger partial charge in [0.1, 0.15) is 5.75 Å². The van der Waals surface area contributed by atoms with E-state index in [2.05, 4.69) is 10.1 Å². The number of amides is 1. The lowest BCUT2D eigenvalue weighted by molar-refractivity contribution is -0.117. The number of para-hydroxylation sites is 2. The van der Waals surface area contributed by atoms with Gasteiger partial charge in [-0.25, -0.2) is 0 Å². The predicted molar refractivity (Wildman–Crippen MR) is 97.1 cm³/mol. The Morgan fingerprint density at radius 3 is 2.73 bits per heavy atom. The van der Waals surface area contributed by atoms with Crippen LogP contribution in [0, 0.1) is 0 Å². The highest BCUT2D eigenvalue weighted by Gasteiger charge is 2.34. The first kappa shape index (κ1) is 16.3. The number of hydrogen-bond donors (Lipinski definition) is 0. The first-order chi connectivity index (χ1) is 12.8. The molecule has 1 aliphatic heterocycles. The molecule has 26 heavy (non-hydrogen) atoms. The van der Waals surface area contributed by atoms with Crippen LogP contribution in [-0.4, -0.2) is 29.2 Å². The molecule has 0 radical (unpaired) electrons. The molecule has 4 rings (SSSR count). The molecule has 0 N–H and O–H groups in total. The highest BCUT2D eigenvalue weighted by Crippen LogP contribution is 2.33. The second kappa shape index (κ2) is 7.00. The van der Waals surface area contributed by atoms with Crippen molar-refractivity contribution in [2.24, 2.45) is 0 Å².